The van der Waals surface area contributed by atoms with Crippen molar-refractivity contribution in [1.82, 2.24) is 0 Å². The van der Waals surface area contributed by atoms with Crippen molar-refractivity contribution in [2.75, 3.05) is 0 Å². The summed E-state index contributed by atoms with van der Waals surface area (Å²) in [4.78, 5) is 0. The van der Waals surface area contributed by atoms with Gasteiger partial charge in [-0.1, -0.05) is 20.8 Å². The Balaban J connectivity index is 3.16. The summed E-state index contributed by atoms with van der Waals surface area (Å²) < 4.78 is 13.4. The molecule has 0 atom stereocenters. The summed E-state index contributed by atoms with van der Waals surface area (Å²) in [5.74, 6) is 0.105. The van der Waals surface area contributed by atoms with E-state index in [0.29, 0.717) is 5.92 Å². The quantitative estimate of drug-likeness (QED) is 0.741. The first-order chi connectivity index (χ1) is 7.08. The van der Waals surface area contributed by atoms with Gasteiger partial charge in [-0.2, -0.15) is 5.26 Å². The van der Waals surface area contributed by atoms with E-state index in [2.05, 4.69) is 13.8 Å². The third-order valence-corrected chi connectivity index (χ3v) is 2.42. The molecule has 1 nitrogen and oxygen atoms in total. The summed E-state index contributed by atoms with van der Waals surface area (Å²) in [7, 11) is 0. The van der Waals surface area contributed by atoms with Crippen LogP contribution >= 0.6 is 0 Å². The Morgan fingerprint density at radius 1 is 1.33 bits per heavy atom. The SMILES string of the molecule is CCc1cc(C#N)c(F)cc1CC(C)C. The molecule has 1 rings (SSSR count). The van der Waals surface area contributed by atoms with Gasteiger partial charge < -0.3 is 0 Å². The second kappa shape index (κ2) is 4.93. The fourth-order valence-electron chi connectivity index (χ4n) is 1.70. The number of nitriles is 1. The van der Waals surface area contributed by atoms with Crippen molar-refractivity contribution in [2.45, 2.75) is 33.6 Å². The van der Waals surface area contributed by atoms with Gasteiger partial charge in [-0.3, -0.25) is 0 Å². The lowest BCUT2D eigenvalue weighted by Gasteiger charge is -2.11. The zero-order valence-corrected chi connectivity index (χ0v) is 9.47. The van der Waals surface area contributed by atoms with Gasteiger partial charge in [0.1, 0.15) is 11.9 Å². The normalized spacial score (nSPS) is 10.4. The zero-order valence-electron chi connectivity index (χ0n) is 9.47. The third kappa shape index (κ3) is 2.79. The second-order valence-corrected chi connectivity index (χ2v) is 4.16. The monoisotopic (exact) mass is 205 g/mol. The van der Waals surface area contributed by atoms with Gasteiger partial charge in [0, 0.05) is 0 Å². The highest BCUT2D eigenvalue weighted by atomic mass is 19.1. The molecule has 0 amide bonds. The molecule has 1 aromatic rings. The standard InChI is InChI=1S/C13H16FN/c1-4-10-6-12(8-15)13(14)7-11(10)5-9(2)3/h6-7,9H,4-5H2,1-3H3. The Morgan fingerprint density at radius 2 is 2.00 bits per heavy atom. The maximum atomic E-state index is 13.4. The molecule has 0 aliphatic rings. The fourth-order valence-corrected chi connectivity index (χ4v) is 1.70. The highest BCUT2D eigenvalue weighted by molar-refractivity contribution is 5.39. The van der Waals surface area contributed by atoms with E-state index in [1.807, 2.05) is 13.0 Å². The largest absolute Gasteiger partial charge is 0.206 e. The molecule has 0 aliphatic carbocycles. The number of nitrogens with zero attached hydrogens (tertiary/aromatic N) is 1. The molecule has 0 heterocycles. The number of aryl methyl sites for hydroxylation is 1. The average molecular weight is 205 g/mol. The van der Waals surface area contributed by atoms with E-state index in [0.717, 1.165) is 24.0 Å². The van der Waals surface area contributed by atoms with Crippen LogP contribution < -0.4 is 0 Å². The van der Waals surface area contributed by atoms with Crippen LogP contribution in [0.1, 0.15) is 37.5 Å². The highest BCUT2D eigenvalue weighted by Crippen LogP contribution is 2.19. The van der Waals surface area contributed by atoms with Crippen LogP contribution in [0.5, 0.6) is 0 Å². The molecule has 1 aromatic carbocycles. The lowest BCUT2D eigenvalue weighted by atomic mass is 9.95. The first-order valence-electron chi connectivity index (χ1n) is 5.29. The lowest BCUT2D eigenvalue weighted by molar-refractivity contribution is 0.607. The van der Waals surface area contributed by atoms with Gasteiger partial charge in [0.25, 0.3) is 0 Å². The molecule has 0 aromatic heterocycles. The molecule has 0 saturated heterocycles. The predicted octanol–water partition coefficient (Wildman–Crippen LogP) is 3.46. The molecule has 0 N–H and O–H groups in total. The molecule has 80 valence electrons. The van der Waals surface area contributed by atoms with Crippen LogP contribution in [0.4, 0.5) is 4.39 Å². The fraction of sp³-hybridized carbons (Fsp3) is 0.462. The molecule has 0 radical (unpaired) electrons. The number of halogens is 1. The number of benzene rings is 1. The second-order valence-electron chi connectivity index (χ2n) is 4.16. The van der Waals surface area contributed by atoms with Crippen LogP contribution in [0.25, 0.3) is 0 Å². The van der Waals surface area contributed by atoms with Crippen molar-refractivity contribution >= 4 is 0 Å². The molecule has 0 fully saturated rings. The number of hydrogen-bond donors (Lipinski definition) is 0. The minimum atomic E-state index is -0.398. The summed E-state index contributed by atoms with van der Waals surface area (Å²) in [5, 5.41) is 8.72. The van der Waals surface area contributed by atoms with Crippen molar-refractivity contribution in [3.05, 3.63) is 34.6 Å². The van der Waals surface area contributed by atoms with Crippen molar-refractivity contribution in [3.63, 3.8) is 0 Å². The Labute approximate surface area is 90.5 Å². The number of hydrogen-bond acceptors (Lipinski definition) is 1. The van der Waals surface area contributed by atoms with Gasteiger partial charge >= 0.3 is 0 Å². The minimum Gasteiger partial charge on any atom is -0.206 e. The van der Waals surface area contributed by atoms with E-state index < -0.39 is 5.82 Å². The van der Waals surface area contributed by atoms with Gasteiger partial charge in [0.15, 0.2) is 0 Å². The van der Waals surface area contributed by atoms with Crippen LogP contribution in [-0.2, 0) is 12.8 Å². The molecule has 15 heavy (non-hydrogen) atoms. The van der Waals surface area contributed by atoms with Crippen LogP contribution in [0.2, 0.25) is 0 Å². The van der Waals surface area contributed by atoms with E-state index >= 15 is 0 Å². The third-order valence-electron chi connectivity index (χ3n) is 2.42. The number of rotatable bonds is 3. The van der Waals surface area contributed by atoms with Crippen LogP contribution in [0.15, 0.2) is 12.1 Å². The zero-order chi connectivity index (χ0) is 11.4. The first-order valence-corrected chi connectivity index (χ1v) is 5.29. The van der Waals surface area contributed by atoms with Crippen LogP contribution in [-0.4, -0.2) is 0 Å². The van der Waals surface area contributed by atoms with Gasteiger partial charge in [-0.25, -0.2) is 4.39 Å². The molecular weight excluding hydrogens is 189 g/mol. The van der Waals surface area contributed by atoms with Crippen molar-refractivity contribution in [2.24, 2.45) is 5.92 Å². The van der Waals surface area contributed by atoms with Crippen LogP contribution in [0, 0.1) is 23.1 Å². The average Bonchev–Trinajstić information content (AvgIpc) is 2.17. The molecule has 0 aliphatic heterocycles. The summed E-state index contributed by atoms with van der Waals surface area (Å²) >= 11 is 0. The summed E-state index contributed by atoms with van der Waals surface area (Å²) in [5.41, 5.74) is 2.27. The lowest BCUT2D eigenvalue weighted by Crippen LogP contribution is -2.01. The molecule has 0 spiro atoms. The predicted molar refractivity (Wildman–Crippen MR) is 59.0 cm³/mol. The van der Waals surface area contributed by atoms with Crippen molar-refractivity contribution in [3.8, 4) is 6.07 Å². The Kier molecular flexibility index (Phi) is 3.85. The topological polar surface area (TPSA) is 23.8 Å². The maximum Gasteiger partial charge on any atom is 0.141 e. The van der Waals surface area contributed by atoms with E-state index in [1.165, 1.54) is 6.07 Å². The van der Waals surface area contributed by atoms with E-state index in [4.69, 9.17) is 5.26 Å². The van der Waals surface area contributed by atoms with Gasteiger partial charge in [0.05, 0.1) is 5.56 Å². The van der Waals surface area contributed by atoms with Crippen molar-refractivity contribution < 1.29 is 4.39 Å². The Hall–Kier alpha value is -1.36. The summed E-state index contributed by atoms with van der Waals surface area (Å²) in [6, 6.07) is 5.06. The molecule has 0 saturated carbocycles. The van der Waals surface area contributed by atoms with Crippen LogP contribution in [0.3, 0.4) is 0 Å². The Bertz CT molecular complexity index is 388. The molecule has 0 bridgehead atoms. The highest BCUT2D eigenvalue weighted by Gasteiger charge is 2.09. The van der Waals surface area contributed by atoms with E-state index in [1.54, 1.807) is 6.07 Å². The maximum absolute atomic E-state index is 13.4. The first kappa shape index (κ1) is 11.7. The minimum absolute atomic E-state index is 0.152. The van der Waals surface area contributed by atoms with E-state index in [9.17, 15) is 4.39 Å². The van der Waals surface area contributed by atoms with Gasteiger partial charge in [0.2, 0.25) is 0 Å². The smallest absolute Gasteiger partial charge is 0.141 e. The molecule has 0 unspecified atom stereocenters. The Morgan fingerprint density at radius 3 is 2.47 bits per heavy atom. The summed E-state index contributed by atoms with van der Waals surface area (Å²) in [6.45, 7) is 6.24. The van der Waals surface area contributed by atoms with Crippen molar-refractivity contribution in [1.29, 1.82) is 5.26 Å². The molecule has 2 heteroatoms. The summed E-state index contributed by atoms with van der Waals surface area (Å²) in [6.07, 6.45) is 1.71. The molecular formula is C13H16FN. The van der Waals surface area contributed by atoms with E-state index in [-0.39, 0.29) is 5.56 Å². The van der Waals surface area contributed by atoms with Gasteiger partial charge in [-0.15, -0.1) is 0 Å². The van der Waals surface area contributed by atoms with Gasteiger partial charge in [-0.05, 0) is 42.0 Å².